The predicted molar refractivity (Wildman–Crippen MR) is 114 cm³/mol. The Hall–Kier alpha value is -3.12. The third kappa shape index (κ3) is 6.47. The number of Topliss-reactive ketones (excluding diaryl/α,β-unsaturated/α-hetero) is 1. The Bertz CT molecular complexity index is 1030. The van der Waals surface area contributed by atoms with Gasteiger partial charge in [-0.2, -0.15) is 0 Å². The summed E-state index contributed by atoms with van der Waals surface area (Å²) in [6.45, 7) is 0.347. The number of benzene rings is 3. The normalized spacial score (nSPS) is 11.0. The summed E-state index contributed by atoms with van der Waals surface area (Å²) in [5.74, 6) is 0.856. The van der Waals surface area contributed by atoms with E-state index in [0.717, 1.165) is 11.3 Å². The lowest BCUT2D eigenvalue weighted by Crippen LogP contribution is -2.13. The SMILES string of the molecule is O=C(CCOc1ccccc1)CCc1cccc(NS(=O)(=O)c2ccccc2)c1. The van der Waals surface area contributed by atoms with Crippen molar-refractivity contribution in [3.63, 3.8) is 0 Å². The molecule has 0 atom stereocenters. The molecule has 0 spiro atoms. The number of rotatable bonds is 10. The largest absolute Gasteiger partial charge is 0.493 e. The molecule has 0 unspecified atom stereocenters. The van der Waals surface area contributed by atoms with Crippen LogP contribution in [0.5, 0.6) is 5.75 Å². The summed E-state index contributed by atoms with van der Waals surface area (Å²) in [4.78, 5) is 12.3. The van der Waals surface area contributed by atoms with Crippen molar-refractivity contribution in [1.29, 1.82) is 0 Å². The highest BCUT2D eigenvalue weighted by Crippen LogP contribution is 2.18. The minimum atomic E-state index is -3.63. The van der Waals surface area contributed by atoms with Gasteiger partial charge in [-0.3, -0.25) is 9.52 Å². The van der Waals surface area contributed by atoms with Crippen LogP contribution in [0.15, 0.2) is 89.8 Å². The van der Waals surface area contributed by atoms with Gasteiger partial charge in [0.1, 0.15) is 11.5 Å². The topological polar surface area (TPSA) is 72.5 Å². The van der Waals surface area contributed by atoms with Crippen molar-refractivity contribution in [2.75, 3.05) is 11.3 Å². The van der Waals surface area contributed by atoms with Crippen LogP contribution in [0.2, 0.25) is 0 Å². The second-order valence-electron chi connectivity index (χ2n) is 6.57. The van der Waals surface area contributed by atoms with E-state index in [1.165, 1.54) is 0 Å². The van der Waals surface area contributed by atoms with E-state index in [4.69, 9.17) is 4.74 Å². The summed E-state index contributed by atoms with van der Waals surface area (Å²) in [6, 6.07) is 24.7. The molecule has 1 N–H and O–H groups in total. The number of para-hydroxylation sites is 1. The van der Waals surface area contributed by atoms with Gasteiger partial charge in [-0.25, -0.2) is 8.42 Å². The first-order valence-electron chi connectivity index (χ1n) is 9.39. The van der Waals surface area contributed by atoms with Crippen molar-refractivity contribution in [1.82, 2.24) is 0 Å². The third-order valence-electron chi connectivity index (χ3n) is 4.32. The summed E-state index contributed by atoms with van der Waals surface area (Å²) < 4.78 is 33.0. The molecule has 0 heterocycles. The summed E-state index contributed by atoms with van der Waals surface area (Å²) in [7, 11) is -3.63. The Kier molecular flexibility index (Phi) is 7.03. The molecule has 3 aromatic carbocycles. The molecule has 0 aliphatic carbocycles. The van der Waals surface area contributed by atoms with Crippen molar-refractivity contribution in [3.05, 3.63) is 90.5 Å². The van der Waals surface area contributed by atoms with Gasteiger partial charge in [0, 0.05) is 18.5 Å². The number of hydrogen-bond donors (Lipinski definition) is 1. The molecule has 150 valence electrons. The Morgan fingerprint density at radius 3 is 2.24 bits per heavy atom. The minimum Gasteiger partial charge on any atom is -0.493 e. The number of anilines is 1. The smallest absolute Gasteiger partial charge is 0.261 e. The molecule has 0 bridgehead atoms. The molecule has 0 amide bonds. The van der Waals surface area contributed by atoms with Crippen LogP contribution in [-0.2, 0) is 21.2 Å². The van der Waals surface area contributed by atoms with Crippen LogP contribution in [0.4, 0.5) is 5.69 Å². The fraction of sp³-hybridized carbons (Fsp3) is 0.174. The van der Waals surface area contributed by atoms with Crippen LogP contribution >= 0.6 is 0 Å². The molecular weight excluding hydrogens is 386 g/mol. The average Bonchev–Trinajstić information content (AvgIpc) is 2.74. The van der Waals surface area contributed by atoms with Crippen molar-refractivity contribution < 1.29 is 17.9 Å². The highest BCUT2D eigenvalue weighted by atomic mass is 32.2. The molecule has 6 heteroatoms. The molecular formula is C23H23NO4S. The zero-order chi connectivity index (χ0) is 20.5. The minimum absolute atomic E-state index is 0.108. The van der Waals surface area contributed by atoms with Gasteiger partial charge in [0.2, 0.25) is 0 Å². The van der Waals surface area contributed by atoms with Crippen LogP contribution in [0.1, 0.15) is 18.4 Å². The average molecular weight is 410 g/mol. The third-order valence-corrected chi connectivity index (χ3v) is 5.72. The van der Waals surface area contributed by atoms with E-state index in [0.29, 0.717) is 31.6 Å². The summed E-state index contributed by atoms with van der Waals surface area (Å²) in [5.41, 5.74) is 1.38. The van der Waals surface area contributed by atoms with Crippen LogP contribution < -0.4 is 9.46 Å². The van der Waals surface area contributed by atoms with Crippen molar-refractivity contribution >= 4 is 21.5 Å². The second kappa shape index (κ2) is 9.89. The molecule has 0 aliphatic heterocycles. The van der Waals surface area contributed by atoms with Crippen LogP contribution in [0.25, 0.3) is 0 Å². The maximum absolute atomic E-state index is 12.4. The number of carbonyl (C=O) groups is 1. The Balaban J connectivity index is 1.50. The van der Waals surface area contributed by atoms with E-state index < -0.39 is 10.0 Å². The number of carbonyl (C=O) groups excluding carboxylic acids is 1. The number of ether oxygens (including phenoxy) is 1. The maximum atomic E-state index is 12.4. The first-order chi connectivity index (χ1) is 14.0. The Morgan fingerprint density at radius 2 is 1.52 bits per heavy atom. The fourth-order valence-corrected chi connectivity index (χ4v) is 3.88. The monoisotopic (exact) mass is 409 g/mol. The Labute approximate surface area is 171 Å². The lowest BCUT2D eigenvalue weighted by molar-refractivity contribution is -0.119. The molecule has 5 nitrogen and oxygen atoms in total. The highest BCUT2D eigenvalue weighted by Gasteiger charge is 2.13. The van der Waals surface area contributed by atoms with Crippen LogP contribution in [0.3, 0.4) is 0 Å². The molecule has 29 heavy (non-hydrogen) atoms. The lowest BCUT2D eigenvalue weighted by Gasteiger charge is -2.10. The number of sulfonamides is 1. The van der Waals surface area contributed by atoms with E-state index in [-0.39, 0.29) is 10.7 Å². The molecule has 0 radical (unpaired) electrons. The van der Waals surface area contributed by atoms with E-state index in [9.17, 15) is 13.2 Å². The van der Waals surface area contributed by atoms with E-state index in [1.807, 2.05) is 36.4 Å². The van der Waals surface area contributed by atoms with Crippen molar-refractivity contribution in [2.45, 2.75) is 24.2 Å². The zero-order valence-corrected chi connectivity index (χ0v) is 16.8. The number of nitrogens with one attached hydrogen (secondary N) is 1. The first kappa shape index (κ1) is 20.6. The fourth-order valence-electron chi connectivity index (χ4n) is 2.81. The molecule has 0 fully saturated rings. The standard InChI is InChI=1S/C23H23NO4S/c25-21(16-17-28-22-10-3-1-4-11-22)15-14-19-8-7-9-20(18-19)24-29(26,27)23-12-5-2-6-13-23/h1-13,18,24H,14-17H2. The van der Waals surface area contributed by atoms with Gasteiger partial charge in [-0.15, -0.1) is 0 Å². The van der Waals surface area contributed by atoms with Gasteiger partial charge in [-0.05, 0) is 48.4 Å². The quantitative estimate of drug-likeness (QED) is 0.537. The molecule has 3 rings (SSSR count). The van der Waals surface area contributed by atoms with Crippen LogP contribution in [0, 0.1) is 0 Å². The molecule has 0 saturated heterocycles. The molecule has 0 aliphatic rings. The van der Waals surface area contributed by atoms with E-state index in [2.05, 4.69) is 4.72 Å². The van der Waals surface area contributed by atoms with Gasteiger partial charge in [0.05, 0.1) is 11.5 Å². The molecule has 3 aromatic rings. The highest BCUT2D eigenvalue weighted by molar-refractivity contribution is 7.92. The van der Waals surface area contributed by atoms with Crippen molar-refractivity contribution in [2.24, 2.45) is 0 Å². The van der Waals surface area contributed by atoms with E-state index >= 15 is 0 Å². The van der Waals surface area contributed by atoms with Crippen LogP contribution in [-0.4, -0.2) is 20.8 Å². The lowest BCUT2D eigenvalue weighted by atomic mass is 10.1. The van der Waals surface area contributed by atoms with Gasteiger partial charge in [-0.1, -0.05) is 48.5 Å². The maximum Gasteiger partial charge on any atom is 0.261 e. The number of aryl methyl sites for hydroxylation is 1. The Morgan fingerprint density at radius 1 is 0.828 bits per heavy atom. The van der Waals surface area contributed by atoms with E-state index in [1.54, 1.807) is 48.5 Å². The van der Waals surface area contributed by atoms with Gasteiger partial charge in [0.25, 0.3) is 10.0 Å². The summed E-state index contributed by atoms with van der Waals surface area (Å²) in [6.07, 6.45) is 1.27. The number of ketones is 1. The van der Waals surface area contributed by atoms with Gasteiger partial charge in [0.15, 0.2) is 0 Å². The first-order valence-corrected chi connectivity index (χ1v) is 10.9. The zero-order valence-electron chi connectivity index (χ0n) is 16.0. The second-order valence-corrected chi connectivity index (χ2v) is 8.25. The van der Waals surface area contributed by atoms with Crippen molar-refractivity contribution in [3.8, 4) is 5.75 Å². The van der Waals surface area contributed by atoms with Gasteiger partial charge < -0.3 is 4.74 Å². The van der Waals surface area contributed by atoms with Gasteiger partial charge >= 0.3 is 0 Å². The summed E-state index contributed by atoms with van der Waals surface area (Å²) in [5, 5.41) is 0. The predicted octanol–water partition coefficient (Wildman–Crippen LogP) is 4.46. The molecule has 0 aromatic heterocycles. The summed E-state index contributed by atoms with van der Waals surface area (Å²) >= 11 is 0. The molecule has 0 saturated carbocycles. The number of hydrogen-bond acceptors (Lipinski definition) is 4.